The Morgan fingerprint density at radius 1 is 1.00 bits per heavy atom. The Labute approximate surface area is 103 Å². The molecule has 1 aliphatic rings. The molecule has 0 saturated carbocycles. The van der Waals surface area contributed by atoms with Crippen molar-refractivity contribution in [2.75, 3.05) is 6.61 Å². The van der Waals surface area contributed by atoms with Gasteiger partial charge in [0.1, 0.15) is 5.75 Å². The predicted octanol–water partition coefficient (Wildman–Crippen LogP) is 3.97. The topological polar surface area (TPSA) is 9.23 Å². The van der Waals surface area contributed by atoms with Crippen molar-refractivity contribution in [1.82, 2.24) is 0 Å². The third-order valence-corrected chi connectivity index (χ3v) is 3.50. The number of hydrogen-bond acceptors (Lipinski definition) is 1. The van der Waals surface area contributed by atoms with Crippen LogP contribution in [-0.2, 0) is 0 Å². The maximum Gasteiger partial charge on any atom is 0.123 e. The van der Waals surface area contributed by atoms with Gasteiger partial charge in [-0.05, 0) is 23.8 Å². The van der Waals surface area contributed by atoms with Gasteiger partial charge in [0.25, 0.3) is 0 Å². The Hall–Kier alpha value is -1.28. The van der Waals surface area contributed by atoms with E-state index in [2.05, 4.69) is 52.3 Å². The summed E-state index contributed by atoms with van der Waals surface area (Å²) < 4.78 is 6.80. The van der Waals surface area contributed by atoms with E-state index in [1.807, 2.05) is 12.1 Å². The molecule has 0 bridgehead atoms. The fraction of sp³-hybridized carbons (Fsp3) is 0.143. The minimum absolute atomic E-state index is 0.379. The highest BCUT2D eigenvalue weighted by atomic mass is 79.9. The van der Waals surface area contributed by atoms with Crippen molar-refractivity contribution in [3.63, 3.8) is 0 Å². The van der Waals surface area contributed by atoms with E-state index in [0.717, 1.165) is 16.8 Å². The first kappa shape index (κ1) is 9.91. The summed E-state index contributed by atoms with van der Waals surface area (Å²) in [5.41, 5.74) is 2.61. The Bertz CT molecular complexity index is 504. The van der Waals surface area contributed by atoms with Crippen LogP contribution < -0.4 is 4.74 Å². The van der Waals surface area contributed by atoms with Crippen LogP contribution in [0.1, 0.15) is 17.0 Å². The SMILES string of the molecule is Brc1ccc(C2COc3ccccc32)cc1. The zero-order valence-corrected chi connectivity index (χ0v) is 10.3. The van der Waals surface area contributed by atoms with Gasteiger partial charge in [0.2, 0.25) is 0 Å². The van der Waals surface area contributed by atoms with Crippen molar-refractivity contribution in [1.29, 1.82) is 0 Å². The van der Waals surface area contributed by atoms with Gasteiger partial charge in [0.05, 0.1) is 6.61 Å². The third-order valence-electron chi connectivity index (χ3n) is 2.97. The number of para-hydroxylation sites is 1. The summed E-state index contributed by atoms with van der Waals surface area (Å²) >= 11 is 3.45. The summed E-state index contributed by atoms with van der Waals surface area (Å²) in [7, 11) is 0. The molecule has 0 amide bonds. The molecule has 1 nitrogen and oxygen atoms in total. The van der Waals surface area contributed by atoms with Gasteiger partial charge in [-0.15, -0.1) is 0 Å². The number of fused-ring (bicyclic) bond motifs is 1. The highest BCUT2D eigenvalue weighted by molar-refractivity contribution is 9.10. The monoisotopic (exact) mass is 274 g/mol. The van der Waals surface area contributed by atoms with E-state index in [9.17, 15) is 0 Å². The largest absolute Gasteiger partial charge is 0.492 e. The highest BCUT2D eigenvalue weighted by Crippen LogP contribution is 2.37. The second kappa shape index (κ2) is 3.95. The van der Waals surface area contributed by atoms with Crippen molar-refractivity contribution in [2.24, 2.45) is 0 Å². The smallest absolute Gasteiger partial charge is 0.123 e. The molecule has 0 N–H and O–H groups in total. The molecule has 1 atom stereocenters. The summed E-state index contributed by atoms with van der Waals surface area (Å²) in [6.45, 7) is 0.751. The van der Waals surface area contributed by atoms with Crippen LogP contribution in [0.4, 0.5) is 0 Å². The fourth-order valence-electron chi connectivity index (χ4n) is 2.13. The molecule has 80 valence electrons. The lowest BCUT2D eigenvalue weighted by Gasteiger charge is -2.08. The first-order valence-electron chi connectivity index (χ1n) is 5.32. The van der Waals surface area contributed by atoms with Crippen LogP contribution in [0.3, 0.4) is 0 Å². The molecule has 1 heterocycles. The lowest BCUT2D eigenvalue weighted by Crippen LogP contribution is -2.01. The molecule has 2 heteroatoms. The molecular weight excluding hydrogens is 264 g/mol. The Morgan fingerprint density at radius 3 is 2.56 bits per heavy atom. The van der Waals surface area contributed by atoms with Crippen molar-refractivity contribution in [2.45, 2.75) is 5.92 Å². The maximum absolute atomic E-state index is 5.68. The number of halogens is 1. The van der Waals surface area contributed by atoms with Crippen LogP contribution in [0.15, 0.2) is 53.0 Å². The zero-order chi connectivity index (χ0) is 11.0. The van der Waals surface area contributed by atoms with E-state index < -0.39 is 0 Å². The van der Waals surface area contributed by atoms with Crippen molar-refractivity contribution in [3.8, 4) is 5.75 Å². The summed E-state index contributed by atoms with van der Waals surface area (Å²) in [5, 5.41) is 0. The molecule has 1 aliphatic heterocycles. The molecule has 0 spiro atoms. The van der Waals surface area contributed by atoms with E-state index in [1.54, 1.807) is 0 Å². The molecule has 0 saturated heterocycles. The van der Waals surface area contributed by atoms with Crippen LogP contribution in [0.2, 0.25) is 0 Å². The van der Waals surface area contributed by atoms with E-state index in [4.69, 9.17) is 4.74 Å². The Balaban J connectivity index is 2.01. The Kier molecular flexibility index (Phi) is 2.44. The van der Waals surface area contributed by atoms with Gasteiger partial charge in [0, 0.05) is 16.0 Å². The quantitative estimate of drug-likeness (QED) is 0.765. The summed E-state index contributed by atoms with van der Waals surface area (Å²) in [6, 6.07) is 16.7. The molecule has 2 aromatic rings. The van der Waals surface area contributed by atoms with Crippen molar-refractivity contribution >= 4 is 15.9 Å². The molecule has 0 fully saturated rings. The van der Waals surface area contributed by atoms with Crippen molar-refractivity contribution < 1.29 is 4.74 Å². The molecule has 0 aliphatic carbocycles. The number of ether oxygens (including phenoxy) is 1. The zero-order valence-electron chi connectivity index (χ0n) is 8.69. The van der Waals surface area contributed by atoms with Gasteiger partial charge in [-0.1, -0.05) is 46.3 Å². The van der Waals surface area contributed by atoms with Crippen LogP contribution in [0.25, 0.3) is 0 Å². The summed E-state index contributed by atoms with van der Waals surface area (Å²) in [5.74, 6) is 1.40. The summed E-state index contributed by atoms with van der Waals surface area (Å²) in [6.07, 6.45) is 0. The molecule has 1 unspecified atom stereocenters. The van der Waals surface area contributed by atoms with Gasteiger partial charge in [-0.3, -0.25) is 0 Å². The van der Waals surface area contributed by atoms with Gasteiger partial charge in [-0.25, -0.2) is 0 Å². The lowest BCUT2D eigenvalue weighted by molar-refractivity contribution is 0.343. The molecular formula is C14H11BrO. The van der Waals surface area contributed by atoms with E-state index >= 15 is 0 Å². The molecule has 3 rings (SSSR count). The Morgan fingerprint density at radius 2 is 1.75 bits per heavy atom. The average Bonchev–Trinajstić information content (AvgIpc) is 2.74. The van der Waals surface area contributed by atoms with Gasteiger partial charge in [-0.2, -0.15) is 0 Å². The lowest BCUT2D eigenvalue weighted by atomic mass is 9.93. The van der Waals surface area contributed by atoms with Gasteiger partial charge >= 0.3 is 0 Å². The first-order valence-corrected chi connectivity index (χ1v) is 6.11. The fourth-order valence-corrected chi connectivity index (χ4v) is 2.40. The van der Waals surface area contributed by atoms with E-state index in [1.165, 1.54) is 11.1 Å². The second-order valence-corrected chi connectivity index (χ2v) is 4.87. The number of hydrogen-bond donors (Lipinski definition) is 0. The van der Waals surface area contributed by atoms with Crippen molar-refractivity contribution in [3.05, 3.63) is 64.1 Å². The van der Waals surface area contributed by atoms with Gasteiger partial charge in [0.15, 0.2) is 0 Å². The minimum atomic E-state index is 0.379. The molecule has 0 radical (unpaired) electrons. The van der Waals surface area contributed by atoms with Gasteiger partial charge < -0.3 is 4.74 Å². The summed E-state index contributed by atoms with van der Waals surface area (Å²) in [4.78, 5) is 0. The maximum atomic E-state index is 5.68. The second-order valence-electron chi connectivity index (χ2n) is 3.95. The first-order chi connectivity index (χ1) is 7.84. The average molecular weight is 275 g/mol. The van der Waals surface area contributed by atoms with Crippen LogP contribution >= 0.6 is 15.9 Å². The van der Waals surface area contributed by atoms with Crippen LogP contribution in [0.5, 0.6) is 5.75 Å². The number of rotatable bonds is 1. The highest BCUT2D eigenvalue weighted by Gasteiger charge is 2.24. The van der Waals surface area contributed by atoms with Crippen LogP contribution in [0, 0.1) is 0 Å². The normalized spacial score (nSPS) is 17.9. The third kappa shape index (κ3) is 1.63. The van der Waals surface area contributed by atoms with E-state index in [0.29, 0.717) is 5.92 Å². The molecule has 0 aromatic heterocycles. The minimum Gasteiger partial charge on any atom is -0.492 e. The van der Waals surface area contributed by atoms with E-state index in [-0.39, 0.29) is 0 Å². The molecule has 16 heavy (non-hydrogen) atoms. The molecule has 2 aromatic carbocycles. The predicted molar refractivity (Wildman–Crippen MR) is 67.9 cm³/mol. The number of benzene rings is 2. The van der Waals surface area contributed by atoms with Crippen LogP contribution in [-0.4, -0.2) is 6.61 Å². The standard InChI is InChI=1S/C14H11BrO/c15-11-7-5-10(6-8-11)13-9-16-14-4-2-1-3-12(13)14/h1-8,13H,9H2.